The van der Waals surface area contributed by atoms with Crippen molar-refractivity contribution in [1.29, 1.82) is 0 Å². The van der Waals surface area contributed by atoms with Gasteiger partial charge in [-0.15, -0.1) is 0 Å². The van der Waals surface area contributed by atoms with Crippen LogP contribution in [-0.2, 0) is 9.47 Å². The summed E-state index contributed by atoms with van der Waals surface area (Å²) in [7, 11) is 1.63. The van der Waals surface area contributed by atoms with Gasteiger partial charge in [0.25, 0.3) is 0 Å². The van der Waals surface area contributed by atoms with Crippen LogP contribution in [0.5, 0.6) is 0 Å². The molecule has 94 valence electrons. The summed E-state index contributed by atoms with van der Waals surface area (Å²) < 4.78 is 10.3. The Hall–Kier alpha value is -1.62. The normalized spacial score (nSPS) is 11.2. The van der Waals surface area contributed by atoms with E-state index in [1.807, 2.05) is 13.8 Å². The minimum Gasteiger partial charge on any atom is -0.462 e. The third kappa shape index (κ3) is 4.40. The molecular formula is C12H18N2O3. The Balaban J connectivity index is 2.46. The van der Waals surface area contributed by atoms with Crippen LogP contribution >= 0.6 is 0 Å². The molecule has 2 N–H and O–H groups in total. The third-order valence-electron chi connectivity index (χ3n) is 2.48. The molecule has 1 aromatic rings. The van der Waals surface area contributed by atoms with Gasteiger partial charge in [-0.3, -0.25) is 4.98 Å². The van der Waals surface area contributed by atoms with E-state index in [-0.39, 0.29) is 5.60 Å². The number of aromatic nitrogens is 1. The Bertz CT molecular complexity index is 391. The fourth-order valence-corrected chi connectivity index (χ4v) is 1.14. The molecular weight excluding hydrogens is 220 g/mol. The lowest BCUT2D eigenvalue weighted by atomic mass is 10.1. The number of pyridine rings is 1. The lowest BCUT2D eigenvalue weighted by molar-refractivity contribution is -0.00564. The van der Waals surface area contributed by atoms with Crippen LogP contribution in [0, 0.1) is 0 Å². The van der Waals surface area contributed by atoms with Crippen LogP contribution in [-0.4, -0.2) is 30.3 Å². The number of methoxy groups -OCH3 is 1. The predicted molar refractivity (Wildman–Crippen MR) is 64.6 cm³/mol. The van der Waals surface area contributed by atoms with E-state index in [2.05, 4.69) is 4.98 Å². The molecule has 1 aromatic heterocycles. The van der Waals surface area contributed by atoms with Gasteiger partial charge in [0.05, 0.1) is 23.5 Å². The summed E-state index contributed by atoms with van der Waals surface area (Å²) in [5.41, 5.74) is 6.03. The van der Waals surface area contributed by atoms with Gasteiger partial charge in [-0.2, -0.15) is 0 Å². The van der Waals surface area contributed by atoms with Crippen LogP contribution in [0.3, 0.4) is 0 Å². The highest BCUT2D eigenvalue weighted by molar-refractivity contribution is 5.89. The molecule has 0 aromatic carbocycles. The molecule has 0 unspecified atom stereocenters. The zero-order valence-electron chi connectivity index (χ0n) is 10.4. The van der Waals surface area contributed by atoms with Crippen molar-refractivity contribution in [3.63, 3.8) is 0 Å². The highest BCUT2D eigenvalue weighted by Crippen LogP contribution is 2.13. The number of rotatable bonds is 5. The van der Waals surface area contributed by atoms with Crippen LogP contribution < -0.4 is 5.73 Å². The zero-order chi connectivity index (χ0) is 12.9. The number of ether oxygens (including phenoxy) is 2. The Morgan fingerprint density at radius 1 is 1.47 bits per heavy atom. The van der Waals surface area contributed by atoms with Crippen molar-refractivity contribution in [3.8, 4) is 0 Å². The summed E-state index contributed by atoms with van der Waals surface area (Å²) in [6.07, 6.45) is 3.54. The van der Waals surface area contributed by atoms with E-state index in [1.165, 1.54) is 18.5 Å². The minimum atomic E-state index is -0.420. The summed E-state index contributed by atoms with van der Waals surface area (Å²) in [5, 5.41) is 0. The van der Waals surface area contributed by atoms with Crippen LogP contribution in [0.4, 0.5) is 5.69 Å². The number of anilines is 1. The van der Waals surface area contributed by atoms with E-state index in [9.17, 15) is 4.79 Å². The first-order chi connectivity index (χ1) is 7.94. The van der Waals surface area contributed by atoms with Crippen molar-refractivity contribution >= 4 is 11.7 Å². The van der Waals surface area contributed by atoms with Gasteiger partial charge < -0.3 is 15.2 Å². The van der Waals surface area contributed by atoms with Crippen LogP contribution in [0.25, 0.3) is 0 Å². The highest BCUT2D eigenvalue weighted by Gasteiger charge is 2.17. The lowest BCUT2D eigenvalue weighted by Crippen LogP contribution is -2.25. The predicted octanol–water partition coefficient (Wildman–Crippen LogP) is 1.64. The van der Waals surface area contributed by atoms with Crippen LogP contribution in [0.2, 0.25) is 0 Å². The molecule has 0 aliphatic carbocycles. The van der Waals surface area contributed by atoms with E-state index in [1.54, 1.807) is 7.11 Å². The Morgan fingerprint density at radius 3 is 2.76 bits per heavy atom. The minimum absolute atomic E-state index is 0.297. The number of nitrogens with two attached hydrogens (primary N) is 1. The summed E-state index contributed by atoms with van der Waals surface area (Å²) in [6.45, 7) is 4.17. The maximum Gasteiger partial charge on any atom is 0.339 e. The Labute approximate surface area is 101 Å². The van der Waals surface area contributed by atoms with E-state index >= 15 is 0 Å². The van der Waals surface area contributed by atoms with Gasteiger partial charge in [0.1, 0.15) is 0 Å². The molecule has 0 spiro atoms. The fourth-order valence-electron chi connectivity index (χ4n) is 1.14. The second-order valence-corrected chi connectivity index (χ2v) is 4.36. The van der Waals surface area contributed by atoms with Crippen LogP contribution in [0.1, 0.15) is 30.6 Å². The number of esters is 1. The number of carbonyl (C=O) groups is 1. The van der Waals surface area contributed by atoms with Gasteiger partial charge in [-0.1, -0.05) is 0 Å². The average Bonchev–Trinajstić information content (AvgIpc) is 2.28. The molecule has 0 saturated carbocycles. The SMILES string of the molecule is COC(C)(C)CCOC(=O)c1cncc(N)c1. The summed E-state index contributed by atoms with van der Waals surface area (Å²) in [6, 6.07) is 1.54. The molecule has 0 amide bonds. The van der Waals surface area contributed by atoms with Crippen molar-refractivity contribution in [1.82, 2.24) is 4.98 Å². The van der Waals surface area contributed by atoms with E-state index < -0.39 is 5.97 Å². The molecule has 5 heteroatoms. The van der Waals surface area contributed by atoms with Gasteiger partial charge in [-0.05, 0) is 19.9 Å². The topological polar surface area (TPSA) is 74.4 Å². The maximum atomic E-state index is 11.6. The second-order valence-electron chi connectivity index (χ2n) is 4.36. The first kappa shape index (κ1) is 13.4. The Kier molecular flexibility index (Phi) is 4.45. The number of hydrogen-bond donors (Lipinski definition) is 1. The standard InChI is InChI=1S/C12H18N2O3/c1-12(2,16-3)4-5-17-11(15)9-6-10(13)8-14-7-9/h6-8H,4-5,13H2,1-3H3. The monoisotopic (exact) mass is 238 g/mol. The summed E-state index contributed by atoms with van der Waals surface area (Å²) in [5.74, 6) is -0.420. The maximum absolute atomic E-state index is 11.6. The molecule has 5 nitrogen and oxygen atoms in total. The first-order valence-corrected chi connectivity index (χ1v) is 5.37. The largest absolute Gasteiger partial charge is 0.462 e. The average molecular weight is 238 g/mol. The van der Waals surface area contributed by atoms with Crippen LogP contribution in [0.15, 0.2) is 18.5 Å². The number of carbonyl (C=O) groups excluding carboxylic acids is 1. The smallest absolute Gasteiger partial charge is 0.339 e. The van der Waals surface area contributed by atoms with Gasteiger partial charge in [-0.25, -0.2) is 4.79 Å². The van der Waals surface area contributed by atoms with Gasteiger partial charge in [0, 0.05) is 25.9 Å². The molecule has 0 atom stereocenters. The Morgan fingerprint density at radius 2 is 2.18 bits per heavy atom. The molecule has 1 rings (SSSR count). The number of nitrogens with zero attached hydrogens (tertiary/aromatic N) is 1. The van der Waals surface area contributed by atoms with Gasteiger partial charge in [0.2, 0.25) is 0 Å². The van der Waals surface area contributed by atoms with Crippen molar-refractivity contribution in [2.75, 3.05) is 19.5 Å². The first-order valence-electron chi connectivity index (χ1n) is 5.37. The second kappa shape index (κ2) is 5.63. The fraction of sp³-hybridized carbons (Fsp3) is 0.500. The van der Waals surface area contributed by atoms with Crippen molar-refractivity contribution in [3.05, 3.63) is 24.0 Å². The highest BCUT2D eigenvalue weighted by atomic mass is 16.5. The van der Waals surface area contributed by atoms with Gasteiger partial charge in [0.15, 0.2) is 0 Å². The summed E-state index contributed by atoms with van der Waals surface area (Å²) in [4.78, 5) is 15.4. The molecule has 0 radical (unpaired) electrons. The van der Waals surface area contributed by atoms with Crippen molar-refractivity contribution in [2.24, 2.45) is 0 Å². The van der Waals surface area contributed by atoms with Crippen molar-refractivity contribution < 1.29 is 14.3 Å². The molecule has 17 heavy (non-hydrogen) atoms. The van der Waals surface area contributed by atoms with E-state index in [0.29, 0.717) is 24.3 Å². The third-order valence-corrected chi connectivity index (χ3v) is 2.48. The molecule has 0 saturated heterocycles. The number of hydrogen-bond acceptors (Lipinski definition) is 5. The summed E-state index contributed by atoms with van der Waals surface area (Å²) >= 11 is 0. The molecule has 0 bridgehead atoms. The number of nitrogen functional groups attached to an aromatic ring is 1. The lowest BCUT2D eigenvalue weighted by Gasteiger charge is -2.22. The van der Waals surface area contributed by atoms with E-state index in [4.69, 9.17) is 15.2 Å². The molecule has 1 heterocycles. The molecule has 0 fully saturated rings. The zero-order valence-corrected chi connectivity index (χ0v) is 10.4. The molecule has 0 aliphatic heterocycles. The van der Waals surface area contributed by atoms with Crippen molar-refractivity contribution in [2.45, 2.75) is 25.9 Å². The van der Waals surface area contributed by atoms with E-state index in [0.717, 1.165) is 0 Å². The van der Waals surface area contributed by atoms with Gasteiger partial charge >= 0.3 is 5.97 Å². The quantitative estimate of drug-likeness (QED) is 0.789. The molecule has 0 aliphatic rings.